The van der Waals surface area contributed by atoms with Crippen LogP contribution in [0.2, 0.25) is 0 Å². The zero-order chi connectivity index (χ0) is 16.2. The van der Waals surface area contributed by atoms with E-state index in [0.29, 0.717) is 5.56 Å². The third-order valence-corrected chi connectivity index (χ3v) is 2.72. The maximum Gasteiger partial charge on any atom is 0.416 e. The Morgan fingerprint density at radius 2 is 1.82 bits per heavy atom. The molecule has 22 heavy (non-hydrogen) atoms. The van der Waals surface area contributed by atoms with Gasteiger partial charge in [-0.05, 0) is 42.0 Å². The predicted molar refractivity (Wildman–Crippen MR) is 74.6 cm³/mol. The molecule has 0 radical (unpaired) electrons. The average Bonchev–Trinajstić information content (AvgIpc) is 2.46. The van der Waals surface area contributed by atoms with Crippen LogP contribution in [0.1, 0.15) is 21.5 Å². The van der Waals surface area contributed by atoms with Gasteiger partial charge in [0.05, 0.1) is 11.8 Å². The molecule has 4 nitrogen and oxygen atoms in total. The molecule has 2 rings (SSSR count). The third kappa shape index (κ3) is 4.08. The third-order valence-electron chi connectivity index (χ3n) is 2.72. The topological polar surface area (TPSA) is 61.7 Å². The van der Waals surface area contributed by atoms with E-state index in [1.54, 1.807) is 12.1 Å². The summed E-state index contributed by atoms with van der Waals surface area (Å²) in [6.07, 6.45) is -3.13. The molecule has 0 aliphatic rings. The molecule has 0 unspecified atom stereocenters. The molecular weight excluding hydrogens is 297 g/mol. The first-order valence-electron chi connectivity index (χ1n) is 6.16. The van der Waals surface area contributed by atoms with E-state index < -0.39 is 17.6 Å². The SMILES string of the molecule is O=C(N/N=C/c1cccc(O)c1)c1ccc(C(F)(F)F)cc1. The van der Waals surface area contributed by atoms with Crippen molar-refractivity contribution in [3.63, 3.8) is 0 Å². The van der Waals surface area contributed by atoms with Crippen LogP contribution in [0.5, 0.6) is 5.75 Å². The fourth-order valence-corrected chi connectivity index (χ4v) is 1.65. The molecule has 0 heterocycles. The van der Waals surface area contributed by atoms with E-state index in [1.165, 1.54) is 18.3 Å². The molecule has 0 spiro atoms. The minimum atomic E-state index is -4.44. The quantitative estimate of drug-likeness (QED) is 0.676. The molecule has 0 aliphatic heterocycles. The van der Waals surface area contributed by atoms with Crippen molar-refractivity contribution in [2.45, 2.75) is 6.18 Å². The van der Waals surface area contributed by atoms with Gasteiger partial charge >= 0.3 is 6.18 Å². The van der Waals surface area contributed by atoms with Crippen LogP contribution in [0.15, 0.2) is 53.6 Å². The summed E-state index contributed by atoms with van der Waals surface area (Å²) in [5.41, 5.74) is 1.99. The molecule has 114 valence electrons. The molecule has 0 aromatic heterocycles. The van der Waals surface area contributed by atoms with Gasteiger partial charge in [-0.2, -0.15) is 18.3 Å². The lowest BCUT2D eigenvalue weighted by Crippen LogP contribution is -2.17. The van der Waals surface area contributed by atoms with Gasteiger partial charge in [0.2, 0.25) is 0 Å². The molecule has 7 heteroatoms. The van der Waals surface area contributed by atoms with Gasteiger partial charge in [0, 0.05) is 5.56 Å². The predicted octanol–water partition coefficient (Wildman–Crippen LogP) is 3.17. The van der Waals surface area contributed by atoms with Crippen molar-refractivity contribution in [1.29, 1.82) is 0 Å². The minimum Gasteiger partial charge on any atom is -0.508 e. The number of amides is 1. The van der Waals surface area contributed by atoms with Crippen LogP contribution in [0.4, 0.5) is 13.2 Å². The first-order chi connectivity index (χ1) is 10.4. The Labute approximate surface area is 123 Å². The number of hydrazone groups is 1. The minimum absolute atomic E-state index is 0.0537. The molecule has 2 N–H and O–H groups in total. The van der Waals surface area contributed by atoms with Gasteiger partial charge in [0.15, 0.2) is 0 Å². The van der Waals surface area contributed by atoms with E-state index in [1.807, 2.05) is 0 Å². The normalized spacial score (nSPS) is 11.6. The molecule has 0 saturated heterocycles. The van der Waals surface area contributed by atoms with Crippen LogP contribution < -0.4 is 5.43 Å². The summed E-state index contributed by atoms with van der Waals surface area (Å²) in [6.45, 7) is 0. The Bertz CT molecular complexity index is 695. The number of nitrogens with zero attached hydrogens (tertiary/aromatic N) is 1. The lowest BCUT2D eigenvalue weighted by atomic mass is 10.1. The van der Waals surface area contributed by atoms with E-state index in [9.17, 15) is 23.1 Å². The van der Waals surface area contributed by atoms with Crippen LogP contribution in [0.25, 0.3) is 0 Å². The van der Waals surface area contributed by atoms with Gasteiger partial charge in [-0.3, -0.25) is 4.79 Å². The molecule has 2 aromatic carbocycles. The summed E-state index contributed by atoms with van der Waals surface area (Å²) in [7, 11) is 0. The highest BCUT2D eigenvalue weighted by atomic mass is 19.4. The van der Waals surface area contributed by atoms with Crippen molar-refractivity contribution in [3.05, 3.63) is 65.2 Å². The van der Waals surface area contributed by atoms with Gasteiger partial charge in [-0.15, -0.1) is 0 Å². The van der Waals surface area contributed by atoms with Crippen molar-refractivity contribution in [3.8, 4) is 5.75 Å². The molecule has 1 amide bonds. The lowest BCUT2D eigenvalue weighted by Gasteiger charge is -2.06. The second-order valence-corrected chi connectivity index (χ2v) is 4.37. The first kappa shape index (κ1) is 15.6. The smallest absolute Gasteiger partial charge is 0.416 e. The number of phenolic OH excluding ortho intramolecular Hbond substituents is 1. The number of benzene rings is 2. The number of nitrogens with one attached hydrogen (secondary N) is 1. The summed E-state index contributed by atoms with van der Waals surface area (Å²) >= 11 is 0. The summed E-state index contributed by atoms with van der Waals surface area (Å²) in [6, 6.07) is 9.99. The zero-order valence-electron chi connectivity index (χ0n) is 11.1. The van der Waals surface area contributed by atoms with Gasteiger partial charge in [0.25, 0.3) is 5.91 Å². The number of halogens is 3. The van der Waals surface area contributed by atoms with E-state index in [2.05, 4.69) is 10.5 Å². The Morgan fingerprint density at radius 1 is 1.14 bits per heavy atom. The van der Waals surface area contributed by atoms with Crippen molar-refractivity contribution in [2.75, 3.05) is 0 Å². The highest BCUT2D eigenvalue weighted by molar-refractivity contribution is 5.94. The van der Waals surface area contributed by atoms with Crippen LogP contribution >= 0.6 is 0 Å². The summed E-state index contributed by atoms with van der Waals surface area (Å²) < 4.78 is 37.2. The Balaban J connectivity index is 2.00. The van der Waals surface area contributed by atoms with Gasteiger partial charge in [0.1, 0.15) is 5.75 Å². The van der Waals surface area contributed by atoms with Gasteiger partial charge in [-0.1, -0.05) is 12.1 Å². The van der Waals surface area contributed by atoms with Crippen LogP contribution in [-0.2, 0) is 6.18 Å². The Hall–Kier alpha value is -2.83. The van der Waals surface area contributed by atoms with E-state index >= 15 is 0 Å². The van der Waals surface area contributed by atoms with E-state index in [4.69, 9.17) is 0 Å². The fraction of sp³-hybridized carbons (Fsp3) is 0.0667. The number of hydrogen-bond donors (Lipinski definition) is 2. The fourth-order valence-electron chi connectivity index (χ4n) is 1.65. The molecule has 0 aliphatic carbocycles. The van der Waals surface area contributed by atoms with Crippen LogP contribution in [-0.4, -0.2) is 17.2 Å². The maximum absolute atomic E-state index is 12.4. The molecule has 0 bridgehead atoms. The monoisotopic (exact) mass is 308 g/mol. The lowest BCUT2D eigenvalue weighted by molar-refractivity contribution is -0.137. The molecule has 0 saturated carbocycles. The number of phenols is 1. The average molecular weight is 308 g/mol. The Kier molecular flexibility index (Phi) is 4.45. The molecular formula is C15H11F3N2O2. The summed E-state index contributed by atoms with van der Waals surface area (Å²) in [4.78, 5) is 11.7. The van der Waals surface area contributed by atoms with Crippen LogP contribution in [0, 0.1) is 0 Å². The number of alkyl halides is 3. The zero-order valence-corrected chi connectivity index (χ0v) is 11.1. The molecule has 0 fully saturated rings. The van der Waals surface area contributed by atoms with Crippen LogP contribution in [0.3, 0.4) is 0 Å². The highest BCUT2D eigenvalue weighted by Gasteiger charge is 2.30. The Morgan fingerprint density at radius 3 is 2.41 bits per heavy atom. The van der Waals surface area contributed by atoms with Crippen molar-refractivity contribution in [2.24, 2.45) is 5.10 Å². The number of rotatable bonds is 3. The van der Waals surface area contributed by atoms with E-state index in [-0.39, 0.29) is 11.3 Å². The van der Waals surface area contributed by atoms with E-state index in [0.717, 1.165) is 24.3 Å². The maximum atomic E-state index is 12.4. The van der Waals surface area contributed by atoms with Crippen molar-refractivity contribution < 1.29 is 23.1 Å². The van der Waals surface area contributed by atoms with Crippen molar-refractivity contribution in [1.82, 2.24) is 5.43 Å². The number of hydrogen-bond acceptors (Lipinski definition) is 3. The number of aromatic hydroxyl groups is 1. The standard InChI is InChI=1S/C15H11F3N2O2/c16-15(17,18)12-6-4-11(5-7-12)14(22)20-19-9-10-2-1-3-13(21)8-10/h1-9,21H,(H,20,22)/b19-9+. The number of carbonyl (C=O) groups excluding carboxylic acids is 1. The summed E-state index contributed by atoms with van der Waals surface area (Å²) in [5, 5.41) is 12.9. The van der Waals surface area contributed by atoms with Gasteiger partial charge in [-0.25, -0.2) is 5.43 Å². The number of carbonyl (C=O) groups is 1. The van der Waals surface area contributed by atoms with Gasteiger partial charge < -0.3 is 5.11 Å². The second-order valence-electron chi connectivity index (χ2n) is 4.37. The largest absolute Gasteiger partial charge is 0.508 e. The second kappa shape index (κ2) is 6.30. The summed E-state index contributed by atoms with van der Waals surface area (Å²) in [5.74, 6) is -0.580. The van der Waals surface area contributed by atoms with Crippen molar-refractivity contribution >= 4 is 12.1 Å². The first-order valence-corrected chi connectivity index (χ1v) is 6.16. The highest BCUT2D eigenvalue weighted by Crippen LogP contribution is 2.29. The molecule has 0 atom stereocenters. The molecule has 2 aromatic rings.